The molecule has 0 unspecified atom stereocenters. The minimum absolute atomic E-state index is 0. The highest BCUT2D eigenvalue weighted by atomic mass is 127. The van der Waals surface area contributed by atoms with Crippen LogP contribution in [0.4, 0.5) is 0 Å². The van der Waals surface area contributed by atoms with E-state index in [1.165, 1.54) is 37.1 Å². The molecule has 0 aliphatic carbocycles. The highest BCUT2D eigenvalue weighted by molar-refractivity contribution is 14.0. The van der Waals surface area contributed by atoms with Crippen LogP contribution in [0.3, 0.4) is 0 Å². The maximum atomic E-state index is 5.67. The molecule has 0 atom stereocenters. The van der Waals surface area contributed by atoms with Crippen LogP contribution in [0, 0.1) is 0 Å². The molecular weight excluding hydrogens is 491 g/mol. The minimum Gasteiger partial charge on any atom is -0.493 e. The number of likely N-dealkylation sites (tertiary alicyclic amines) is 1. The van der Waals surface area contributed by atoms with Crippen molar-refractivity contribution in [3.05, 3.63) is 29.3 Å². The molecule has 0 radical (unpaired) electrons. The number of rotatable bonds is 7. The lowest BCUT2D eigenvalue weighted by Gasteiger charge is -2.43. The van der Waals surface area contributed by atoms with Gasteiger partial charge in [0, 0.05) is 38.3 Å². The molecule has 3 heterocycles. The summed E-state index contributed by atoms with van der Waals surface area (Å²) >= 11 is 0. The quantitative estimate of drug-likeness (QED) is 0.324. The number of fused-ring (bicyclic) bond motifs is 1. The third-order valence-corrected chi connectivity index (χ3v) is 6.54. The average Bonchev–Trinajstić information content (AvgIpc) is 3.44. The molecule has 0 saturated carbocycles. The molecule has 2 saturated heterocycles. The van der Waals surface area contributed by atoms with Gasteiger partial charge in [-0.2, -0.15) is 0 Å². The average molecular weight is 528 g/mol. The second kappa shape index (κ2) is 11.5. The van der Waals surface area contributed by atoms with Crippen molar-refractivity contribution >= 4 is 29.9 Å². The van der Waals surface area contributed by atoms with Gasteiger partial charge in [-0.1, -0.05) is 12.1 Å². The first kappa shape index (κ1) is 23.6. The number of benzene rings is 1. The highest BCUT2D eigenvalue weighted by Gasteiger charge is 2.39. The molecule has 0 aromatic heterocycles. The van der Waals surface area contributed by atoms with Crippen molar-refractivity contribution < 1.29 is 9.47 Å². The molecule has 0 bridgehead atoms. The van der Waals surface area contributed by atoms with Crippen LogP contribution in [0.25, 0.3) is 0 Å². The Morgan fingerprint density at radius 2 is 1.93 bits per heavy atom. The summed E-state index contributed by atoms with van der Waals surface area (Å²) in [7, 11) is 0. The summed E-state index contributed by atoms with van der Waals surface area (Å²) in [6.07, 6.45) is 6.83. The lowest BCUT2D eigenvalue weighted by atomic mass is 9.88. The Bertz CT molecular complexity index is 700. The maximum Gasteiger partial charge on any atom is 0.191 e. The Morgan fingerprint density at radius 1 is 1.13 bits per heavy atom. The van der Waals surface area contributed by atoms with Crippen molar-refractivity contribution in [2.45, 2.75) is 51.0 Å². The predicted molar refractivity (Wildman–Crippen MR) is 132 cm³/mol. The molecule has 1 aromatic carbocycles. The molecule has 30 heavy (non-hydrogen) atoms. The van der Waals surface area contributed by atoms with Crippen LogP contribution in [0.2, 0.25) is 0 Å². The van der Waals surface area contributed by atoms with E-state index in [2.05, 4.69) is 40.7 Å². The van der Waals surface area contributed by atoms with E-state index in [9.17, 15) is 0 Å². The molecule has 2 fully saturated rings. The zero-order valence-electron chi connectivity index (χ0n) is 18.3. The van der Waals surface area contributed by atoms with E-state index in [1.54, 1.807) is 0 Å². The SMILES string of the molecule is CCNC(=NCC1(N2CCCC2)CCOCC1)NCCc1ccc2c(c1)CCO2.I. The van der Waals surface area contributed by atoms with Crippen LogP contribution in [0.15, 0.2) is 23.2 Å². The third kappa shape index (κ3) is 5.79. The van der Waals surface area contributed by atoms with E-state index in [-0.39, 0.29) is 29.5 Å². The van der Waals surface area contributed by atoms with Crippen molar-refractivity contribution in [1.29, 1.82) is 0 Å². The largest absolute Gasteiger partial charge is 0.493 e. The zero-order valence-corrected chi connectivity index (χ0v) is 20.6. The van der Waals surface area contributed by atoms with Crippen LogP contribution >= 0.6 is 24.0 Å². The summed E-state index contributed by atoms with van der Waals surface area (Å²) in [6.45, 7) is 9.69. The molecule has 2 N–H and O–H groups in total. The van der Waals surface area contributed by atoms with Crippen LogP contribution in [0.5, 0.6) is 5.75 Å². The smallest absolute Gasteiger partial charge is 0.191 e. The first-order chi connectivity index (χ1) is 14.3. The van der Waals surface area contributed by atoms with Gasteiger partial charge in [-0.25, -0.2) is 0 Å². The summed E-state index contributed by atoms with van der Waals surface area (Å²) in [6, 6.07) is 6.58. The molecular formula is C23H37IN4O2. The van der Waals surface area contributed by atoms with Gasteiger partial charge in [0.05, 0.1) is 13.2 Å². The van der Waals surface area contributed by atoms with Gasteiger partial charge in [0.2, 0.25) is 0 Å². The molecule has 0 amide bonds. The summed E-state index contributed by atoms with van der Waals surface area (Å²) in [5.41, 5.74) is 2.88. The van der Waals surface area contributed by atoms with Crippen LogP contribution < -0.4 is 15.4 Å². The van der Waals surface area contributed by atoms with Crippen LogP contribution in [0.1, 0.15) is 43.7 Å². The number of aliphatic imine (C=N–C) groups is 1. The van der Waals surface area contributed by atoms with E-state index >= 15 is 0 Å². The molecule has 0 spiro atoms. The van der Waals surface area contributed by atoms with E-state index < -0.39 is 0 Å². The molecule has 3 aliphatic rings. The fraction of sp³-hybridized carbons (Fsp3) is 0.696. The number of guanidine groups is 1. The van der Waals surface area contributed by atoms with Gasteiger partial charge in [-0.15, -0.1) is 24.0 Å². The van der Waals surface area contributed by atoms with Crippen LogP contribution in [-0.4, -0.2) is 68.9 Å². The van der Waals surface area contributed by atoms with Gasteiger partial charge in [-0.05, 0) is 69.3 Å². The topological polar surface area (TPSA) is 58.1 Å². The standard InChI is InChI=1S/C23H36N4O2.HI/c1-2-24-22(25-11-7-19-5-6-21-20(17-19)8-14-29-21)26-18-23(9-15-28-16-10-23)27-12-3-4-13-27;/h5-6,17H,2-4,7-16,18H2,1H3,(H2,24,25,26);1H. The van der Waals surface area contributed by atoms with Crippen molar-refractivity contribution in [3.8, 4) is 5.75 Å². The van der Waals surface area contributed by atoms with Crippen molar-refractivity contribution in [2.24, 2.45) is 4.99 Å². The molecule has 168 valence electrons. The maximum absolute atomic E-state index is 5.67. The number of ether oxygens (including phenoxy) is 2. The minimum atomic E-state index is 0. The van der Waals surface area contributed by atoms with E-state index in [0.29, 0.717) is 0 Å². The van der Waals surface area contributed by atoms with E-state index in [4.69, 9.17) is 14.5 Å². The monoisotopic (exact) mass is 528 g/mol. The lowest BCUT2D eigenvalue weighted by molar-refractivity contribution is -0.0139. The number of nitrogens with one attached hydrogen (secondary N) is 2. The van der Waals surface area contributed by atoms with Gasteiger partial charge in [-0.3, -0.25) is 9.89 Å². The van der Waals surface area contributed by atoms with Gasteiger partial charge in [0.15, 0.2) is 5.96 Å². The normalized spacial score (nSPS) is 20.9. The molecule has 1 aromatic rings. The predicted octanol–water partition coefficient (Wildman–Crippen LogP) is 2.98. The van der Waals surface area contributed by atoms with Crippen molar-refractivity contribution in [3.63, 3.8) is 0 Å². The Labute approximate surface area is 198 Å². The van der Waals surface area contributed by atoms with Gasteiger partial charge >= 0.3 is 0 Å². The van der Waals surface area contributed by atoms with Gasteiger partial charge in [0.1, 0.15) is 5.75 Å². The number of halogens is 1. The summed E-state index contributed by atoms with van der Waals surface area (Å²) in [4.78, 5) is 7.70. The fourth-order valence-corrected chi connectivity index (χ4v) is 4.81. The first-order valence-electron chi connectivity index (χ1n) is 11.4. The number of hydrogen-bond acceptors (Lipinski definition) is 4. The Balaban J connectivity index is 0.00000256. The molecule has 4 rings (SSSR count). The second-order valence-corrected chi connectivity index (χ2v) is 8.44. The lowest BCUT2D eigenvalue weighted by Crippen LogP contribution is -2.54. The number of hydrogen-bond donors (Lipinski definition) is 2. The molecule has 7 heteroatoms. The first-order valence-corrected chi connectivity index (χ1v) is 11.4. The van der Waals surface area contributed by atoms with E-state index in [0.717, 1.165) is 76.8 Å². The highest BCUT2D eigenvalue weighted by Crippen LogP contribution is 2.31. The van der Waals surface area contributed by atoms with Crippen LogP contribution in [-0.2, 0) is 17.6 Å². The zero-order chi connectivity index (χ0) is 19.9. The Morgan fingerprint density at radius 3 is 2.70 bits per heavy atom. The summed E-state index contributed by atoms with van der Waals surface area (Å²) < 4.78 is 11.3. The van der Waals surface area contributed by atoms with Gasteiger partial charge in [0.25, 0.3) is 0 Å². The Kier molecular flexibility index (Phi) is 9.07. The molecule has 3 aliphatic heterocycles. The summed E-state index contributed by atoms with van der Waals surface area (Å²) in [5.74, 6) is 1.99. The number of nitrogens with zero attached hydrogens (tertiary/aromatic N) is 2. The summed E-state index contributed by atoms with van der Waals surface area (Å²) in [5, 5.41) is 6.97. The second-order valence-electron chi connectivity index (χ2n) is 8.44. The molecule has 6 nitrogen and oxygen atoms in total. The fourth-order valence-electron chi connectivity index (χ4n) is 4.81. The van der Waals surface area contributed by atoms with E-state index in [1.807, 2.05) is 0 Å². The Hall–Kier alpha value is -1.06. The van der Waals surface area contributed by atoms with Gasteiger partial charge < -0.3 is 20.1 Å². The van der Waals surface area contributed by atoms with Crippen molar-refractivity contribution in [2.75, 3.05) is 52.5 Å². The third-order valence-electron chi connectivity index (χ3n) is 6.54. The van der Waals surface area contributed by atoms with Crippen molar-refractivity contribution in [1.82, 2.24) is 15.5 Å².